The summed E-state index contributed by atoms with van der Waals surface area (Å²) in [5.74, 6) is 0.985. The molecule has 3 fully saturated rings. The van der Waals surface area contributed by atoms with Gasteiger partial charge in [0.1, 0.15) is 24.2 Å². The summed E-state index contributed by atoms with van der Waals surface area (Å²) in [6.45, 7) is 4.06. The fourth-order valence-electron chi connectivity index (χ4n) is 5.95. The first kappa shape index (κ1) is 22.8. The molecule has 36 heavy (non-hydrogen) atoms. The molecule has 0 radical (unpaired) electrons. The third-order valence-corrected chi connectivity index (χ3v) is 7.68. The van der Waals surface area contributed by atoms with Crippen molar-refractivity contribution < 1.29 is 14.3 Å². The number of benzene rings is 3. The fourth-order valence-corrected chi connectivity index (χ4v) is 5.95. The molecule has 3 aliphatic heterocycles. The molecular formula is C28H31N5O3. The van der Waals surface area contributed by atoms with Crippen LogP contribution < -0.4 is 15.0 Å². The maximum absolute atomic E-state index is 14.0. The van der Waals surface area contributed by atoms with E-state index in [4.69, 9.17) is 4.74 Å². The van der Waals surface area contributed by atoms with E-state index >= 15 is 0 Å². The number of nitrogens with zero attached hydrogens (tertiary/aromatic N) is 4. The lowest BCUT2D eigenvalue weighted by Crippen LogP contribution is -2.66. The van der Waals surface area contributed by atoms with Gasteiger partial charge in [-0.25, -0.2) is 4.79 Å². The third-order valence-electron chi connectivity index (χ3n) is 7.68. The zero-order valence-electron chi connectivity index (χ0n) is 20.8. The summed E-state index contributed by atoms with van der Waals surface area (Å²) >= 11 is 0. The number of imide groups is 1. The van der Waals surface area contributed by atoms with Crippen LogP contribution in [0, 0.1) is 5.92 Å². The molecule has 3 heterocycles. The first-order chi connectivity index (χ1) is 17.5. The number of fused-ring (bicyclic) bond motifs is 4. The molecule has 186 valence electrons. The minimum absolute atomic E-state index is 0.147. The van der Waals surface area contributed by atoms with Crippen LogP contribution in [0.25, 0.3) is 10.8 Å². The van der Waals surface area contributed by atoms with Crippen molar-refractivity contribution in [2.24, 2.45) is 5.92 Å². The van der Waals surface area contributed by atoms with Crippen LogP contribution >= 0.6 is 0 Å². The van der Waals surface area contributed by atoms with Crippen LogP contribution in [0.15, 0.2) is 66.7 Å². The number of hydrogen-bond acceptors (Lipinski definition) is 6. The van der Waals surface area contributed by atoms with Crippen LogP contribution in [0.3, 0.4) is 0 Å². The lowest BCUT2D eigenvalue weighted by atomic mass is 10.0. The standard InChI is InChI=1S/C28H31N5O3/c1-18-15-31(21-11-7-12-22(14-21)36-3)27-29-25-24(32(27)16-18)26(34)33(28(35)30(25)2)17-20-10-6-9-19-8-4-5-13-23(19)20/h4-14,18,24-25,27,29H,15-17H2,1-3H3. The largest absolute Gasteiger partial charge is 0.497 e. The highest BCUT2D eigenvalue weighted by atomic mass is 16.5. The average Bonchev–Trinajstić information content (AvgIpc) is 3.29. The Morgan fingerprint density at radius 3 is 2.61 bits per heavy atom. The Morgan fingerprint density at radius 2 is 1.78 bits per heavy atom. The Hall–Kier alpha value is -3.62. The van der Waals surface area contributed by atoms with Crippen molar-refractivity contribution in [3.05, 3.63) is 72.3 Å². The summed E-state index contributed by atoms with van der Waals surface area (Å²) in [6.07, 6.45) is -0.586. The molecule has 4 unspecified atom stereocenters. The summed E-state index contributed by atoms with van der Waals surface area (Å²) in [4.78, 5) is 35.0. The van der Waals surface area contributed by atoms with E-state index in [1.807, 2.05) is 48.5 Å². The Balaban J connectivity index is 1.33. The molecule has 0 bridgehead atoms. The summed E-state index contributed by atoms with van der Waals surface area (Å²) in [5.41, 5.74) is 1.99. The summed E-state index contributed by atoms with van der Waals surface area (Å²) in [6, 6.07) is 21.4. The van der Waals surface area contributed by atoms with E-state index < -0.39 is 12.2 Å². The molecule has 6 rings (SSSR count). The van der Waals surface area contributed by atoms with Gasteiger partial charge in [-0.3, -0.25) is 19.9 Å². The number of likely N-dealkylation sites (N-methyl/N-ethyl adjacent to an activating group) is 1. The van der Waals surface area contributed by atoms with Crippen molar-refractivity contribution in [2.75, 3.05) is 32.1 Å². The van der Waals surface area contributed by atoms with E-state index in [1.54, 1.807) is 19.1 Å². The second-order valence-electron chi connectivity index (χ2n) is 10.0. The first-order valence-corrected chi connectivity index (χ1v) is 12.4. The lowest BCUT2D eigenvalue weighted by molar-refractivity contribution is -0.139. The second kappa shape index (κ2) is 8.80. The topological polar surface area (TPSA) is 68.4 Å². The third kappa shape index (κ3) is 3.60. The summed E-state index contributed by atoms with van der Waals surface area (Å²) in [7, 11) is 3.45. The van der Waals surface area contributed by atoms with Crippen LogP contribution in [-0.2, 0) is 11.3 Å². The molecule has 0 aromatic heterocycles. The lowest BCUT2D eigenvalue weighted by Gasteiger charge is -2.46. The van der Waals surface area contributed by atoms with Crippen LogP contribution in [0.2, 0.25) is 0 Å². The molecular weight excluding hydrogens is 454 g/mol. The molecule has 3 aromatic rings. The zero-order chi connectivity index (χ0) is 25.0. The van der Waals surface area contributed by atoms with Crippen molar-refractivity contribution in [1.29, 1.82) is 0 Å². The van der Waals surface area contributed by atoms with E-state index in [0.717, 1.165) is 40.9 Å². The monoisotopic (exact) mass is 485 g/mol. The molecule has 4 atom stereocenters. The van der Waals surface area contributed by atoms with Gasteiger partial charge >= 0.3 is 6.03 Å². The highest BCUT2D eigenvalue weighted by Crippen LogP contribution is 2.36. The van der Waals surface area contributed by atoms with Gasteiger partial charge in [0.2, 0.25) is 0 Å². The van der Waals surface area contributed by atoms with Gasteiger partial charge in [0.25, 0.3) is 5.91 Å². The van der Waals surface area contributed by atoms with Crippen LogP contribution in [-0.4, -0.2) is 72.4 Å². The van der Waals surface area contributed by atoms with Crippen molar-refractivity contribution in [2.45, 2.75) is 32.0 Å². The molecule has 8 heteroatoms. The van der Waals surface area contributed by atoms with Crippen molar-refractivity contribution >= 4 is 28.4 Å². The Labute approximate surface area is 211 Å². The molecule has 1 N–H and O–H groups in total. The molecule has 0 spiro atoms. The van der Waals surface area contributed by atoms with Gasteiger partial charge < -0.3 is 14.5 Å². The first-order valence-electron chi connectivity index (χ1n) is 12.4. The number of hydrogen-bond donors (Lipinski definition) is 1. The molecule has 3 aromatic carbocycles. The van der Waals surface area contributed by atoms with Crippen LogP contribution in [0.4, 0.5) is 10.5 Å². The number of amides is 3. The fraction of sp³-hybridized carbons (Fsp3) is 0.357. The van der Waals surface area contributed by atoms with E-state index in [2.05, 4.69) is 40.2 Å². The van der Waals surface area contributed by atoms with Gasteiger partial charge in [-0.1, -0.05) is 55.5 Å². The van der Waals surface area contributed by atoms with Crippen LogP contribution in [0.5, 0.6) is 5.75 Å². The highest BCUT2D eigenvalue weighted by molar-refractivity contribution is 6.01. The number of rotatable bonds is 4. The second-order valence-corrected chi connectivity index (χ2v) is 10.0. The molecule has 0 saturated carbocycles. The summed E-state index contributed by atoms with van der Waals surface area (Å²) < 4.78 is 5.45. The smallest absolute Gasteiger partial charge is 0.328 e. The number of anilines is 1. The predicted octanol–water partition coefficient (Wildman–Crippen LogP) is 3.28. The minimum atomic E-state index is -0.455. The molecule has 3 amide bonds. The normalized spacial score (nSPS) is 26.4. The Bertz CT molecular complexity index is 1320. The maximum atomic E-state index is 14.0. The van der Waals surface area contributed by atoms with Gasteiger partial charge in [0.05, 0.1) is 13.7 Å². The highest BCUT2D eigenvalue weighted by Gasteiger charge is 2.56. The molecule has 8 nitrogen and oxygen atoms in total. The number of urea groups is 1. The van der Waals surface area contributed by atoms with Crippen molar-refractivity contribution in [3.63, 3.8) is 0 Å². The predicted molar refractivity (Wildman–Crippen MR) is 138 cm³/mol. The van der Waals surface area contributed by atoms with E-state index in [9.17, 15) is 9.59 Å². The Kier molecular flexibility index (Phi) is 5.58. The number of carbonyl (C=O) groups is 2. The maximum Gasteiger partial charge on any atom is 0.328 e. The SMILES string of the molecule is COc1cccc(N2CC(C)CN3C4C(=O)N(Cc5cccc6ccccc56)C(=O)N(C)C4NC23)c1. The number of carbonyl (C=O) groups excluding carboxylic acids is 2. The quantitative estimate of drug-likeness (QED) is 0.612. The molecule has 0 aliphatic carbocycles. The van der Waals surface area contributed by atoms with Gasteiger partial charge in [-0.05, 0) is 34.4 Å². The van der Waals surface area contributed by atoms with Gasteiger partial charge in [-0.2, -0.15) is 0 Å². The molecule has 3 aliphatic rings. The van der Waals surface area contributed by atoms with Crippen molar-refractivity contribution in [3.8, 4) is 5.75 Å². The van der Waals surface area contributed by atoms with Crippen molar-refractivity contribution in [1.82, 2.24) is 20.0 Å². The number of methoxy groups -OCH3 is 1. The molecule has 3 saturated heterocycles. The average molecular weight is 486 g/mol. The van der Waals surface area contributed by atoms with E-state index in [-0.39, 0.29) is 24.8 Å². The Morgan fingerprint density at radius 1 is 1.00 bits per heavy atom. The minimum Gasteiger partial charge on any atom is -0.497 e. The van der Waals surface area contributed by atoms with Gasteiger partial charge in [0.15, 0.2) is 0 Å². The number of nitrogens with one attached hydrogen (secondary N) is 1. The number of ether oxygens (including phenoxy) is 1. The van der Waals surface area contributed by atoms with Crippen LogP contribution in [0.1, 0.15) is 12.5 Å². The summed E-state index contributed by atoms with van der Waals surface area (Å²) in [5, 5.41) is 5.75. The zero-order valence-corrected chi connectivity index (χ0v) is 20.8. The van der Waals surface area contributed by atoms with Gasteiger partial charge in [-0.15, -0.1) is 0 Å². The van der Waals surface area contributed by atoms with E-state index in [0.29, 0.717) is 5.92 Å². The van der Waals surface area contributed by atoms with Gasteiger partial charge in [0, 0.05) is 31.9 Å². The van der Waals surface area contributed by atoms with E-state index in [1.165, 1.54) is 4.90 Å².